The zero-order valence-corrected chi connectivity index (χ0v) is 21.2. The van der Waals surface area contributed by atoms with Crippen LogP contribution in [0.5, 0.6) is 5.75 Å². The summed E-state index contributed by atoms with van der Waals surface area (Å²) in [6.45, 7) is 1.85. The van der Waals surface area contributed by atoms with Gasteiger partial charge in [-0.25, -0.2) is 0 Å². The predicted molar refractivity (Wildman–Crippen MR) is 135 cm³/mol. The Morgan fingerprint density at radius 3 is 2.50 bits per heavy atom. The van der Waals surface area contributed by atoms with Crippen molar-refractivity contribution in [2.75, 3.05) is 5.32 Å². The largest absolute Gasteiger partial charge is 0.378 e. The number of benzene rings is 3. The molecule has 0 bridgehead atoms. The highest BCUT2D eigenvalue weighted by Gasteiger charge is 2.19. The highest BCUT2D eigenvalue weighted by Crippen LogP contribution is 2.29. The number of rotatable bonds is 6. The van der Waals surface area contributed by atoms with Crippen LogP contribution in [0.25, 0.3) is 6.08 Å². The van der Waals surface area contributed by atoms with Crippen LogP contribution >= 0.6 is 38.5 Å². The fourth-order valence-electron chi connectivity index (χ4n) is 2.65. The molecule has 0 spiro atoms. The zero-order chi connectivity index (χ0) is 23.3. The van der Waals surface area contributed by atoms with E-state index in [0.717, 1.165) is 9.13 Å². The second-order valence-corrected chi connectivity index (χ2v) is 10.4. The molecule has 9 heteroatoms. The molecule has 0 fully saturated rings. The lowest BCUT2D eigenvalue weighted by Crippen LogP contribution is -2.14. The number of carbonyl (C=O) groups is 1. The summed E-state index contributed by atoms with van der Waals surface area (Å²) in [7, 11) is -4.11. The zero-order valence-electron chi connectivity index (χ0n) is 16.7. The molecule has 0 aliphatic heterocycles. The van der Waals surface area contributed by atoms with Gasteiger partial charge in [-0.1, -0.05) is 39.7 Å². The Morgan fingerprint density at radius 1 is 1.12 bits per heavy atom. The van der Waals surface area contributed by atoms with Crippen molar-refractivity contribution in [1.82, 2.24) is 0 Å². The van der Waals surface area contributed by atoms with Crippen molar-refractivity contribution in [3.63, 3.8) is 0 Å². The number of hydrogen-bond donors (Lipinski definition) is 1. The van der Waals surface area contributed by atoms with E-state index in [1.165, 1.54) is 24.3 Å². The lowest BCUT2D eigenvalue weighted by atomic mass is 10.1. The monoisotopic (exact) mass is 622 g/mol. The molecule has 1 N–H and O–H groups in total. The van der Waals surface area contributed by atoms with E-state index in [4.69, 9.17) is 4.18 Å². The van der Waals surface area contributed by atoms with Crippen LogP contribution in [0.2, 0.25) is 0 Å². The van der Waals surface area contributed by atoms with Crippen LogP contribution in [-0.2, 0) is 14.9 Å². The van der Waals surface area contributed by atoms with Crippen LogP contribution in [0.3, 0.4) is 0 Å². The van der Waals surface area contributed by atoms with Crippen molar-refractivity contribution in [3.05, 3.63) is 91.5 Å². The normalized spacial score (nSPS) is 11.5. The van der Waals surface area contributed by atoms with Crippen molar-refractivity contribution in [2.45, 2.75) is 11.8 Å². The van der Waals surface area contributed by atoms with E-state index >= 15 is 0 Å². The molecule has 3 aromatic carbocycles. The smallest absolute Gasteiger partial charge is 0.339 e. The Hall–Kier alpha value is -2.68. The fraction of sp³-hybridized carbons (Fsp3) is 0.0435. The van der Waals surface area contributed by atoms with Crippen LogP contribution in [0.1, 0.15) is 11.1 Å². The lowest BCUT2D eigenvalue weighted by Gasteiger charge is -2.11. The van der Waals surface area contributed by atoms with Gasteiger partial charge in [-0.15, -0.1) is 0 Å². The fourth-order valence-corrected chi connectivity index (χ4v) is 4.52. The number of halogens is 2. The van der Waals surface area contributed by atoms with Gasteiger partial charge in [-0.05, 0) is 84.1 Å². The van der Waals surface area contributed by atoms with E-state index in [1.54, 1.807) is 42.5 Å². The molecule has 0 unspecified atom stereocenters. The Labute approximate surface area is 208 Å². The third kappa shape index (κ3) is 6.18. The Bertz CT molecular complexity index is 1350. The highest BCUT2D eigenvalue weighted by molar-refractivity contribution is 14.1. The third-order valence-corrected chi connectivity index (χ3v) is 6.64. The first-order chi connectivity index (χ1) is 15.2. The Kier molecular flexibility index (Phi) is 7.71. The predicted octanol–water partition coefficient (Wildman–Crippen LogP) is 5.68. The van der Waals surface area contributed by atoms with Gasteiger partial charge in [-0.2, -0.15) is 13.7 Å². The summed E-state index contributed by atoms with van der Waals surface area (Å²) in [6, 6.07) is 19.8. The quantitative estimate of drug-likeness (QED) is 0.165. The first-order valence-electron chi connectivity index (χ1n) is 9.17. The minimum Gasteiger partial charge on any atom is -0.378 e. The summed E-state index contributed by atoms with van der Waals surface area (Å²) in [6.07, 6.45) is 1.29. The van der Waals surface area contributed by atoms with Crippen LogP contribution in [0, 0.1) is 21.8 Å². The van der Waals surface area contributed by atoms with E-state index in [9.17, 15) is 18.5 Å². The van der Waals surface area contributed by atoms with Crippen LogP contribution in [0.15, 0.2) is 81.7 Å². The molecule has 0 saturated heterocycles. The van der Waals surface area contributed by atoms with E-state index in [0.29, 0.717) is 10.2 Å². The molecule has 32 heavy (non-hydrogen) atoms. The van der Waals surface area contributed by atoms with Gasteiger partial charge in [-0.3, -0.25) is 4.79 Å². The second-order valence-electron chi connectivity index (χ2n) is 6.67. The lowest BCUT2D eigenvalue weighted by molar-refractivity contribution is -0.112. The van der Waals surface area contributed by atoms with Gasteiger partial charge in [0.15, 0.2) is 0 Å². The molecule has 162 valence electrons. The minimum atomic E-state index is -4.11. The molecule has 3 rings (SSSR count). The number of hydrogen-bond acceptors (Lipinski definition) is 5. The van der Waals surface area contributed by atoms with Crippen LogP contribution in [0.4, 0.5) is 5.69 Å². The Balaban J connectivity index is 1.94. The maximum atomic E-state index is 12.7. The average Bonchev–Trinajstić information content (AvgIpc) is 2.74. The van der Waals surface area contributed by atoms with Crippen LogP contribution < -0.4 is 9.50 Å². The molecule has 0 atom stereocenters. The number of nitrogens with one attached hydrogen (secondary N) is 1. The standard InChI is InChI=1S/C23H16BrIN2O4S/c1-15-5-8-21(9-6-15)32(29,30)31-22-10-7-18(24)12-16(22)11-17(14-26)23(28)27-20-4-2-3-19(25)13-20/h2-13H,1H3,(H,27,28)/b17-11+. The van der Waals surface area contributed by atoms with Gasteiger partial charge in [0, 0.05) is 19.3 Å². The number of aryl methyl sites for hydroxylation is 1. The summed E-state index contributed by atoms with van der Waals surface area (Å²) in [5, 5.41) is 12.2. The van der Waals surface area contributed by atoms with Crippen molar-refractivity contribution >= 4 is 66.3 Å². The molecule has 0 aliphatic rings. The van der Waals surface area contributed by atoms with Crippen molar-refractivity contribution in [3.8, 4) is 11.8 Å². The molecule has 6 nitrogen and oxygen atoms in total. The van der Waals surface area contributed by atoms with Crippen molar-refractivity contribution < 1.29 is 17.4 Å². The first-order valence-corrected chi connectivity index (χ1v) is 12.5. The molecule has 0 saturated carbocycles. The number of amides is 1. The maximum absolute atomic E-state index is 12.7. The number of nitrogens with zero attached hydrogens (tertiary/aromatic N) is 1. The van der Waals surface area contributed by atoms with Gasteiger partial charge < -0.3 is 9.50 Å². The molecule has 0 aromatic heterocycles. The molecular formula is C23H16BrIN2O4S. The topological polar surface area (TPSA) is 96.3 Å². The minimum absolute atomic E-state index is 0.00196. The van der Waals surface area contributed by atoms with Gasteiger partial charge in [0.1, 0.15) is 22.3 Å². The first kappa shape index (κ1) is 24.0. The Morgan fingerprint density at radius 2 is 1.84 bits per heavy atom. The number of anilines is 1. The highest BCUT2D eigenvalue weighted by atomic mass is 127. The van der Waals surface area contributed by atoms with E-state index in [2.05, 4.69) is 43.8 Å². The van der Waals surface area contributed by atoms with E-state index < -0.39 is 16.0 Å². The van der Waals surface area contributed by atoms with Gasteiger partial charge in [0.05, 0.1) is 0 Å². The molecular weight excluding hydrogens is 607 g/mol. The summed E-state index contributed by atoms with van der Waals surface area (Å²) in [4.78, 5) is 12.6. The maximum Gasteiger partial charge on any atom is 0.339 e. The van der Waals surface area contributed by atoms with Gasteiger partial charge in [0.25, 0.3) is 5.91 Å². The van der Waals surface area contributed by atoms with E-state index in [1.807, 2.05) is 19.1 Å². The number of nitriles is 1. The molecule has 3 aromatic rings. The van der Waals surface area contributed by atoms with Gasteiger partial charge in [0.2, 0.25) is 0 Å². The molecule has 0 aliphatic carbocycles. The summed E-state index contributed by atoms with van der Waals surface area (Å²) < 4.78 is 32.3. The second kappa shape index (κ2) is 10.3. The van der Waals surface area contributed by atoms with Gasteiger partial charge >= 0.3 is 10.1 Å². The van der Waals surface area contributed by atoms with Crippen molar-refractivity contribution in [1.29, 1.82) is 5.26 Å². The molecule has 0 heterocycles. The number of carbonyl (C=O) groups excluding carboxylic acids is 1. The van der Waals surface area contributed by atoms with Crippen molar-refractivity contribution in [2.24, 2.45) is 0 Å². The third-order valence-electron chi connectivity index (χ3n) is 4.23. The van der Waals surface area contributed by atoms with E-state index in [-0.39, 0.29) is 21.8 Å². The molecule has 1 amide bonds. The summed E-state index contributed by atoms with van der Waals surface area (Å²) in [5.74, 6) is -0.634. The summed E-state index contributed by atoms with van der Waals surface area (Å²) in [5.41, 5.74) is 1.49. The SMILES string of the molecule is Cc1ccc(S(=O)(=O)Oc2ccc(Br)cc2/C=C(\C#N)C(=O)Nc2cccc(I)c2)cc1. The average molecular weight is 623 g/mol. The molecule has 0 radical (unpaired) electrons. The summed E-state index contributed by atoms with van der Waals surface area (Å²) >= 11 is 5.44. The van der Waals surface area contributed by atoms with Crippen LogP contribution in [-0.4, -0.2) is 14.3 Å².